The van der Waals surface area contributed by atoms with Crippen LogP contribution in [0.1, 0.15) is 42.5 Å². The Hall–Kier alpha value is -4.65. The van der Waals surface area contributed by atoms with Crippen molar-refractivity contribution in [3.63, 3.8) is 0 Å². The van der Waals surface area contributed by atoms with E-state index in [0.717, 1.165) is 44.2 Å². The Morgan fingerprint density at radius 2 is 1.76 bits per heavy atom. The van der Waals surface area contributed by atoms with Gasteiger partial charge in [0.25, 0.3) is 5.56 Å². The molecule has 3 aromatic carbocycles. The Balaban J connectivity index is 1.55. The van der Waals surface area contributed by atoms with Crippen LogP contribution in [0, 0.1) is 6.92 Å². The van der Waals surface area contributed by atoms with Gasteiger partial charge >= 0.3 is 0 Å². The third-order valence-electron chi connectivity index (χ3n) is 6.87. The number of hydrogen-bond donors (Lipinski definition) is 1. The highest BCUT2D eigenvalue weighted by molar-refractivity contribution is 6.13. The van der Waals surface area contributed by atoms with Gasteiger partial charge in [0, 0.05) is 41.7 Å². The smallest absolute Gasteiger partial charge is 0.258 e. The van der Waals surface area contributed by atoms with Crippen LogP contribution in [0.15, 0.2) is 89.0 Å². The van der Waals surface area contributed by atoms with Crippen LogP contribution in [-0.4, -0.2) is 31.6 Å². The van der Waals surface area contributed by atoms with Crippen molar-refractivity contribution in [1.82, 2.24) is 20.0 Å². The number of H-pyrrole nitrogens is 1. The molecule has 0 unspecified atom stereocenters. The van der Waals surface area contributed by atoms with Gasteiger partial charge in [-0.1, -0.05) is 55.0 Å². The number of benzene rings is 3. The van der Waals surface area contributed by atoms with Crippen LogP contribution in [-0.2, 0) is 4.79 Å². The SMILES string of the molecule is CCC(=O)N1N=C(c2c(-c3ccccc3)c3cc(C)ccc3[nH]c2=O)C[C@H]1c1ccc2nccnc2c1. The standard InChI is InChI=1S/C30H25N5O2/c1-3-27(36)35-26(20-10-12-23-24(16-20)32-14-13-31-23)17-25(34-35)29-28(19-7-5-4-6-8-19)21-15-18(2)9-11-22(21)33-30(29)37/h4-16,26H,3,17H2,1-2H3,(H,33,37)/t26-/m0/s1. The summed E-state index contributed by atoms with van der Waals surface area (Å²) in [7, 11) is 0. The molecule has 1 aliphatic rings. The molecule has 182 valence electrons. The van der Waals surface area contributed by atoms with Crippen molar-refractivity contribution in [3.05, 3.63) is 106 Å². The second-order valence-corrected chi connectivity index (χ2v) is 9.28. The molecule has 37 heavy (non-hydrogen) atoms. The lowest BCUT2D eigenvalue weighted by Gasteiger charge is -2.21. The van der Waals surface area contributed by atoms with Crippen molar-refractivity contribution < 1.29 is 4.79 Å². The molecule has 1 atom stereocenters. The van der Waals surface area contributed by atoms with E-state index in [1.54, 1.807) is 12.4 Å². The number of fused-ring (bicyclic) bond motifs is 2. The van der Waals surface area contributed by atoms with Gasteiger partial charge in [-0.25, -0.2) is 5.01 Å². The number of carbonyl (C=O) groups is 1. The molecule has 5 aromatic rings. The summed E-state index contributed by atoms with van der Waals surface area (Å²) in [5.74, 6) is -0.103. The van der Waals surface area contributed by atoms with Crippen molar-refractivity contribution in [1.29, 1.82) is 0 Å². The molecule has 1 aliphatic heterocycles. The number of amides is 1. The Labute approximate surface area is 213 Å². The van der Waals surface area contributed by atoms with E-state index in [4.69, 9.17) is 5.10 Å². The Morgan fingerprint density at radius 3 is 2.54 bits per heavy atom. The molecule has 2 aromatic heterocycles. The zero-order valence-electron chi connectivity index (χ0n) is 20.6. The Bertz CT molecular complexity index is 1760. The molecule has 1 amide bonds. The monoisotopic (exact) mass is 487 g/mol. The molecule has 0 saturated carbocycles. The summed E-state index contributed by atoms with van der Waals surface area (Å²) >= 11 is 0. The number of hydrogen-bond acceptors (Lipinski definition) is 5. The maximum Gasteiger partial charge on any atom is 0.258 e. The van der Waals surface area contributed by atoms with E-state index >= 15 is 0 Å². The second-order valence-electron chi connectivity index (χ2n) is 9.28. The Morgan fingerprint density at radius 1 is 0.973 bits per heavy atom. The molecule has 0 bridgehead atoms. The second kappa shape index (κ2) is 9.09. The van der Waals surface area contributed by atoms with Crippen molar-refractivity contribution in [2.75, 3.05) is 0 Å². The van der Waals surface area contributed by atoms with Crippen molar-refractivity contribution in [2.24, 2.45) is 5.10 Å². The summed E-state index contributed by atoms with van der Waals surface area (Å²) in [6.07, 6.45) is 4.03. The summed E-state index contributed by atoms with van der Waals surface area (Å²) < 4.78 is 0. The lowest BCUT2D eigenvalue weighted by atomic mass is 9.90. The van der Waals surface area contributed by atoms with Gasteiger partial charge in [0.2, 0.25) is 5.91 Å². The van der Waals surface area contributed by atoms with Gasteiger partial charge in [-0.2, -0.15) is 5.10 Å². The van der Waals surface area contributed by atoms with Gasteiger partial charge in [-0.3, -0.25) is 19.6 Å². The third kappa shape index (κ3) is 3.98. The number of aryl methyl sites for hydroxylation is 1. The van der Waals surface area contributed by atoms with Gasteiger partial charge in [0.1, 0.15) is 0 Å². The number of rotatable bonds is 4. The van der Waals surface area contributed by atoms with Gasteiger partial charge in [-0.15, -0.1) is 0 Å². The molecule has 0 aliphatic carbocycles. The molecule has 7 heteroatoms. The fourth-order valence-corrected chi connectivity index (χ4v) is 5.09. The maximum atomic E-state index is 13.6. The van der Waals surface area contributed by atoms with Crippen LogP contribution < -0.4 is 5.56 Å². The van der Waals surface area contributed by atoms with Gasteiger partial charge in [-0.05, 0) is 42.3 Å². The number of carbonyl (C=O) groups excluding carboxylic acids is 1. The number of aromatic nitrogens is 3. The first-order valence-corrected chi connectivity index (χ1v) is 12.4. The van der Waals surface area contributed by atoms with E-state index in [1.807, 2.05) is 74.5 Å². The minimum Gasteiger partial charge on any atom is -0.321 e. The number of nitrogens with one attached hydrogen (secondary N) is 1. The topological polar surface area (TPSA) is 91.3 Å². The highest BCUT2D eigenvalue weighted by atomic mass is 16.2. The number of pyridine rings is 1. The van der Waals surface area contributed by atoms with Crippen LogP contribution in [0.5, 0.6) is 0 Å². The van der Waals surface area contributed by atoms with Gasteiger partial charge < -0.3 is 4.98 Å². The molecular weight excluding hydrogens is 462 g/mol. The summed E-state index contributed by atoms with van der Waals surface area (Å²) in [5, 5.41) is 7.26. The van der Waals surface area contributed by atoms with E-state index in [2.05, 4.69) is 21.0 Å². The van der Waals surface area contributed by atoms with E-state index in [9.17, 15) is 9.59 Å². The van der Waals surface area contributed by atoms with E-state index in [0.29, 0.717) is 24.1 Å². The number of nitrogens with zero attached hydrogens (tertiary/aromatic N) is 4. The average molecular weight is 488 g/mol. The van der Waals surface area contributed by atoms with Gasteiger partial charge in [0.15, 0.2) is 0 Å². The summed E-state index contributed by atoms with van der Waals surface area (Å²) in [6.45, 7) is 3.85. The first-order valence-electron chi connectivity index (χ1n) is 12.4. The summed E-state index contributed by atoms with van der Waals surface area (Å²) in [5.41, 5.74) is 6.93. The third-order valence-corrected chi connectivity index (χ3v) is 6.87. The van der Waals surface area contributed by atoms with Crippen LogP contribution in [0.4, 0.5) is 0 Å². The molecular formula is C30H25N5O2. The molecule has 1 N–H and O–H groups in total. The largest absolute Gasteiger partial charge is 0.321 e. The van der Waals surface area contributed by atoms with E-state index < -0.39 is 0 Å². The van der Waals surface area contributed by atoms with Gasteiger partial charge in [0.05, 0.1) is 28.4 Å². The molecule has 0 fully saturated rings. The lowest BCUT2D eigenvalue weighted by Crippen LogP contribution is -2.26. The van der Waals surface area contributed by atoms with E-state index in [-0.39, 0.29) is 17.5 Å². The first-order chi connectivity index (χ1) is 18.0. The molecule has 3 heterocycles. The van der Waals surface area contributed by atoms with Crippen molar-refractivity contribution in [3.8, 4) is 11.1 Å². The van der Waals surface area contributed by atoms with Crippen LogP contribution in [0.2, 0.25) is 0 Å². The van der Waals surface area contributed by atoms with Crippen LogP contribution in [0.3, 0.4) is 0 Å². The van der Waals surface area contributed by atoms with Crippen molar-refractivity contribution in [2.45, 2.75) is 32.7 Å². The number of aromatic amines is 1. The zero-order chi connectivity index (χ0) is 25.5. The van der Waals surface area contributed by atoms with Crippen molar-refractivity contribution >= 4 is 33.6 Å². The zero-order valence-corrected chi connectivity index (χ0v) is 20.6. The van der Waals surface area contributed by atoms with Crippen LogP contribution >= 0.6 is 0 Å². The quantitative estimate of drug-likeness (QED) is 0.361. The predicted molar refractivity (Wildman–Crippen MR) is 145 cm³/mol. The maximum absolute atomic E-state index is 13.6. The lowest BCUT2D eigenvalue weighted by molar-refractivity contribution is -0.132. The highest BCUT2D eigenvalue weighted by Gasteiger charge is 2.35. The minimum absolute atomic E-state index is 0.103. The molecule has 0 radical (unpaired) electrons. The number of hydrazone groups is 1. The molecule has 0 saturated heterocycles. The normalized spacial score (nSPS) is 15.4. The summed E-state index contributed by atoms with van der Waals surface area (Å²) in [6, 6.07) is 21.4. The Kier molecular flexibility index (Phi) is 5.60. The molecule has 6 rings (SSSR count). The summed E-state index contributed by atoms with van der Waals surface area (Å²) in [4.78, 5) is 38.5. The van der Waals surface area contributed by atoms with E-state index in [1.165, 1.54) is 5.01 Å². The molecule has 7 nitrogen and oxygen atoms in total. The fraction of sp³-hybridized carbons (Fsp3) is 0.167. The minimum atomic E-state index is -0.343. The fourth-order valence-electron chi connectivity index (χ4n) is 5.09. The predicted octanol–water partition coefficient (Wildman–Crippen LogP) is 5.53. The first kappa shape index (κ1) is 22.8. The van der Waals surface area contributed by atoms with Crippen LogP contribution in [0.25, 0.3) is 33.1 Å². The molecule has 0 spiro atoms. The highest BCUT2D eigenvalue weighted by Crippen LogP contribution is 2.37. The average Bonchev–Trinajstić information content (AvgIpc) is 3.37.